The molecule has 0 saturated heterocycles. The molecular formula is C15H23N3. The standard InChI is InChI=1S/C15H23N3/c16-7-14-8-18(10-17-14)9-15-4-11-1-12(5-15)3-13(2-11)6-15/h8,10-13H,1-7,9,16H2. The second-order valence-electron chi connectivity index (χ2n) is 7.16. The van der Waals surface area contributed by atoms with Crippen molar-refractivity contribution in [3.8, 4) is 0 Å². The molecule has 0 spiro atoms. The van der Waals surface area contributed by atoms with E-state index in [-0.39, 0.29) is 0 Å². The summed E-state index contributed by atoms with van der Waals surface area (Å²) in [7, 11) is 0. The van der Waals surface area contributed by atoms with Crippen LogP contribution in [-0.2, 0) is 13.1 Å². The van der Waals surface area contributed by atoms with Crippen molar-refractivity contribution in [1.29, 1.82) is 0 Å². The molecule has 98 valence electrons. The SMILES string of the molecule is NCc1cn(CC23CC4CC(CC(C4)C2)C3)cn1. The monoisotopic (exact) mass is 245 g/mol. The largest absolute Gasteiger partial charge is 0.337 e. The molecule has 4 aliphatic carbocycles. The molecule has 1 aromatic rings. The van der Waals surface area contributed by atoms with E-state index in [9.17, 15) is 0 Å². The highest BCUT2D eigenvalue weighted by atomic mass is 15.0. The van der Waals surface area contributed by atoms with E-state index < -0.39 is 0 Å². The second-order valence-corrected chi connectivity index (χ2v) is 7.16. The zero-order valence-corrected chi connectivity index (χ0v) is 11.0. The van der Waals surface area contributed by atoms with Crippen LogP contribution in [0.3, 0.4) is 0 Å². The van der Waals surface area contributed by atoms with Crippen molar-refractivity contribution in [3.63, 3.8) is 0 Å². The van der Waals surface area contributed by atoms with Crippen LogP contribution in [0.5, 0.6) is 0 Å². The minimum atomic E-state index is 0.563. The first kappa shape index (κ1) is 11.0. The Morgan fingerprint density at radius 1 is 1.17 bits per heavy atom. The molecule has 2 N–H and O–H groups in total. The number of hydrogen-bond donors (Lipinski definition) is 1. The van der Waals surface area contributed by atoms with Crippen molar-refractivity contribution in [1.82, 2.24) is 9.55 Å². The van der Waals surface area contributed by atoms with E-state index in [4.69, 9.17) is 5.73 Å². The predicted molar refractivity (Wildman–Crippen MR) is 70.7 cm³/mol. The van der Waals surface area contributed by atoms with Crippen molar-refractivity contribution in [2.75, 3.05) is 0 Å². The Morgan fingerprint density at radius 2 is 1.78 bits per heavy atom. The van der Waals surface area contributed by atoms with E-state index in [1.54, 1.807) is 0 Å². The molecule has 0 radical (unpaired) electrons. The Morgan fingerprint density at radius 3 is 2.28 bits per heavy atom. The van der Waals surface area contributed by atoms with Crippen LogP contribution in [-0.4, -0.2) is 9.55 Å². The zero-order chi connectivity index (χ0) is 12.2. The maximum Gasteiger partial charge on any atom is 0.0950 e. The Hall–Kier alpha value is -0.830. The average Bonchev–Trinajstić information content (AvgIpc) is 2.74. The summed E-state index contributed by atoms with van der Waals surface area (Å²) < 4.78 is 2.30. The molecule has 4 bridgehead atoms. The first-order chi connectivity index (χ1) is 8.75. The number of nitrogens with two attached hydrogens (primary N) is 1. The first-order valence-corrected chi connectivity index (χ1v) is 7.45. The van der Waals surface area contributed by atoms with Gasteiger partial charge in [-0.05, 0) is 61.7 Å². The van der Waals surface area contributed by atoms with Crippen LogP contribution in [0, 0.1) is 23.2 Å². The van der Waals surface area contributed by atoms with Crippen LogP contribution in [0.2, 0.25) is 0 Å². The highest BCUT2D eigenvalue weighted by Crippen LogP contribution is 2.60. The summed E-state index contributed by atoms with van der Waals surface area (Å²) in [6.07, 6.45) is 13.1. The fourth-order valence-corrected chi connectivity index (χ4v) is 5.47. The van der Waals surface area contributed by atoms with Crippen molar-refractivity contribution in [2.45, 2.75) is 51.6 Å². The molecule has 3 nitrogen and oxygen atoms in total. The number of aromatic nitrogens is 2. The van der Waals surface area contributed by atoms with Gasteiger partial charge in [-0.2, -0.15) is 0 Å². The van der Waals surface area contributed by atoms with E-state index in [1.807, 2.05) is 6.33 Å². The van der Waals surface area contributed by atoms with Gasteiger partial charge in [-0.1, -0.05) is 0 Å². The van der Waals surface area contributed by atoms with Gasteiger partial charge in [0.25, 0.3) is 0 Å². The van der Waals surface area contributed by atoms with Crippen LogP contribution in [0.15, 0.2) is 12.5 Å². The van der Waals surface area contributed by atoms with Crippen molar-refractivity contribution < 1.29 is 0 Å². The third kappa shape index (κ3) is 1.71. The quantitative estimate of drug-likeness (QED) is 0.889. The fraction of sp³-hybridized carbons (Fsp3) is 0.800. The molecular weight excluding hydrogens is 222 g/mol. The van der Waals surface area contributed by atoms with Crippen LogP contribution in [0.1, 0.15) is 44.2 Å². The van der Waals surface area contributed by atoms with Crippen molar-refractivity contribution in [3.05, 3.63) is 18.2 Å². The molecule has 0 aromatic carbocycles. The van der Waals surface area contributed by atoms with Gasteiger partial charge in [-0.15, -0.1) is 0 Å². The number of imidazole rings is 1. The summed E-state index contributed by atoms with van der Waals surface area (Å²) in [4.78, 5) is 4.37. The third-order valence-electron chi connectivity index (χ3n) is 5.58. The second kappa shape index (κ2) is 3.83. The van der Waals surface area contributed by atoms with Crippen molar-refractivity contribution >= 4 is 0 Å². The summed E-state index contributed by atoms with van der Waals surface area (Å²) in [5, 5.41) is 0. The summed E-state index contributed by atoms with van der Waals surface area (Å²) in [6, 6.07) is 0. The van der Waals surface area contributed by atoms with E-state index >= 15 is 0 Å². The third-order valence-corrected chi connectivity index (χ3v) is 5.58. The number of nitrogens with zero attached hydrogens (tertiary/aromatic N) is 2. The summed E-state index contributed by atoms with van der Waals surface area (Å²) >= 11 is 0. The summed E-state index contributed by atoms with van der Waals surface area (Å²) in [5.74, 6) is 3.11. The van der Waals surface area contributed by atoms with Gasteiger partial charge < -0.3 is 10.3 Å². The van der Waals surface area contributed by atoms with Gasteiger partial charge in [-0.25, -0.2) is 4.98 Å². The minimum Gasteiger partial charge on any atom is -0.337 e. The van der Waals surface area contributed by atoms with Gasteiger partial charge in [-0.3, -0.25) is 0 Å². The maximum absolute atomic E-state index is 5.65. The van der Waals surface area contributed by atoms with Gasteiger partial charge in [0, 0.05) is 19.3 Å². The van der Waals surface area contributed by atoms with E-state index in [2.05, 4.69) is 15.7 Å². The van der Waals surface area contributed by atoms with E-state index in [0.717, 1.165) is 23.4 Å². The van der Waals surface area contributed by atoms with Crippen LogP contribution >= 0.6 is 0 Å². The highest BCUT2D eigenvalue weighted by Gasteiger charge is 2.50. The molecule has 4 fully saturated rings. The Bertz CT molecular complexity index is 413. The molecule has 0 atom stereocenters. The van der Waals surface area contributed by atoms with Crippen molar-refractivity contribution in [2.24, 2.45) is 28.9 Å². The molecule has 1 heterocycles. The van der Waals surface area contributed by atoms with E-state index in [0.29, 0.717) is 12.0 Å². The molecule has 5 rings (SSSR count). The topological polar surface area (TPSA) is 43.8 Å². The number of rotatable bonds is 3. The fourth-order valence-electron chi connectivity index (χ4n) is 5.47. The molecule has 0 unspecified atom stereocenters. The van der Waals surface area contributed by atoms with Gasteiger partial charge >= 0.3 is 0 Å². The maximum atomic E-state index is 5.65. The highest BCUT2D eigenvalue weighted by molar-refractivity contribution is 5.03. The lowest BCUT2D eigenvalue weighted by Crippen LogP contribution is -2.47. The Kier molecular flexibility index (Phi) is 2.35. The molecule has 1 aromatic heterocycles. The summed E-state index contributed by atoms with van der Waals surface area (Å²) in [6.45, 7) is 1.75. The lowest BCUT2D eigenvalue weighted by atomic mass is 9.49. The van der Waals surface area contributed by atoms with Gasteiger partial charge in [0.2, 0.25) is 0 Å². The molecule has 3 heteroatoms. The molecule has 4 aliphatic rings. The summed E-state index contributed by atoms with van der Waals surface area (Å²) in [5.41, 5.74) is 7.27. The normalized spacial score (nSPS) is 41.5. The predicted octanol–water partition coefficient (Wildman–Crippen LogP) is 2.56. The zero-order valence-electron chi connectivity index (χ0n) is 11.0. The van der Waals surface area contributed by atoms with E-state index in [1.165, 1.54) is 45.1 Å². The molecule has 18 heavy (non-hydrogen) atoms. The average molecular weight is 245 g/mol. The van der Waals surface area contributed by atoms with Gasteiger partial charge in [0.15, 0.2) is 0 Å². The Labute approximate surface area is 109 Å². The molecule has 0 amide bonds. The smallest absolute Gasteiger partial charge is 0.0950 e. The molecule has 0 aliphatic heterocycles. The first-order valence-electron chi connectivity index (χ1n) is 7.45. The minimum absolute atomic E-state index is 0.563. The molecule has 4 saturated carbocycles. The number of hydrogen-bond acceptors (Lipinski definition) is 2. The van der Waals surface area contributed by atoms with Gasteiger partial charge in [0.1, 0.15) is 0 Å². The lowest BCUT2D eigenvalue weighted by Gasteiger charge is -2.57. The Balaban J connectivity index is 1.56. The van der Waals surface area contributed by atoms with Crippen LogP contribution < -0.4 is 5.73 Å². The lowest BCUT2D eigenvalue weighted by molar-refractivity contribution is -0.0619. The van der Waals surface area contributed by atoms with Gasteiger partial charge in [0.05, 0.1) is 12.0 Å². The van der Waals surface area contributed by atoms with Crippen LogP contribution in [0.4, 0.5) is 0 Å². The van der Waals surface area contributed by atoms with Crippen LogP contribution in [0.25, 0.3) is 0 Å².